The van der Waals surface area contributed by atoms with Crippen LogP contribution >= 0.6 is 15.9 Å². The third-order valence-electron chi connectivity index (χ3n) is 2.30. The largest absolute Gasteiger partial charge is 0.295 e. The van der Waals surface area contributed by atoms with E-state index in [1.165, 1.54) is 10.9 Å². The fourth-order valence-electron chi connectivity index (χ4n) is 1.41. The number of aromatic nitrogens is 3. The van der Waals surface area contributed by atoms with Crippen LogP contribution in [0.15, 0.2) is 24.4 Å². The zero-order valence-electron chi connectivity index (χ0n) is 9.25. The summed E-state index contributed by atoms with van der Waals surface area (Å²) in [6.07, 6.45) is 1.52. The summed E-state index contributed by atoms with van der Waals surface area (Å²) in [4.78, 5) is 10.2. The molecule has 0 radical (unpaired) electrons. The third-order valence-corrected chi connectivity index (χ3v) is 2.77. The van der Waals surface area contributed by atoms with Crippen molar-refractivity contribution in [3.05, 3.63) is 46.0 Å². The second-order valence-electron chi connectivity index (χ2n) is 3.59. The number of nitro benzene ring substituents is 1. The number of halogens is 2. The van der Waals surface area contributed by atoms with Gasteiger partial charge in [-0.25, -0.2) is 9.07 Å². The highest BCUT2D eigenvalue weighted by Gasteiger charge is 2.18. The van der Waals surface area contributed by atoms with Crippen molar-refractivity contribution in [1.82, 2.24) is 15.0 Å². The summed E-state index contributed by atoms with van der Waals surface area (Å²) in [5.74, 6) is -0.570. The Bertz CT molecular complexity index is 599. The van der Waals surface area contributed by atoms with E-state index in [1.807, 2.05) is 6.92 Å². The van der Waals surface area contributed by atoms with Gasteiger partial charge in [0, 0.05) is 12.1 Å². The molecule has 0 amide bonds. The highest BCUT2D eigenvalue weighted by Crippen LogP contribution is 2.25. The van der Waals surface area contributed by atoms with E-state index in [2.05, 4.69) is 26.2 Å². The lowest BCUT2D eigenvalue weighted by atomic mass is 10.2. The van der Waals surface area contributed by atoms with E-state index in [9.17, 15) is 14.5 Å². The SMILES string of the molecule is CC(Br)c1cn(-c2cc(F)ccc2[N+](=O)[O-])nn1. The Balaban J connectivity index is 2.54. The normalized spacial score (nSPS) is 12.4. The average Bonchev–Trinajstić information content (AvgIpc) is 2.77. The molecular formula is C10H8BrFN4O2. The van der Waals surface area contributed by atoms with Crippen molar-refractivity contribution in [2.45, 2.75) is 11.8 Å². The van der Waals surface area contributed by atoms with Crippen LogP contribution < -0.4 is 0 Å². The molecule has 0 aliphatic rings. The van der Waals surface area contributed by atoms with E-state index < -0.39 is 10.7 Å². The Morgan fingerprint density at radius 1 is 1.56 bits per heavy atom. The maximum Gasteiger partial charge on any atom is 0.295 e. The molecule has 94 valence electrons. The molecule has 6 nitrogen and oxygen atoms in total. The first-order valence-corrected chi connectivity index (χ1v) is 5.91. The van der Waals surface area contributed by atoms with Gasteiger partial charge in [0.1, 0.15) is 11.5 Å². The molecule has 0 fully saturated rings. The van der Waals surface area contributed by atoms with Crippen LogP contribution in [-0.4, -0.2) is 19.9 Å². The molecule has 2 aromatic rings. The molecule has 1 aromatic heterocycles. The van der Waals surface area contributed by atoms with E-state index in [0.29, 0.717) is 5.69 Å². The monoisotopic (exact) mass is 314 g/mol. The summed E-state index contributed by atoms with van der Waals surface area (Å²) in [6, 6.07) is 3.19. The van der Waals surface area contributed by atoms with Gasteiger partial charge in [0.05, 0.1) is 21.6 Å². The van der Waals surface area contributed by atoms with Crippen LogP contribution in [-0.2, 0) is 0 Å². The number of nitrogens with zero attached hydrogens (tertiary/aromatic N) is 4. The molecule has 1 atom stereocenters. The Morgan fingerprint density at radius 2 is 2.28 bits per heavy atom. The number of alkyl halides is 1. The Hall–Kier alpha value is -1.83. The number of rotatable bonds is 3. The maximum absolute atomic E-state index is 13.2. The Kier molecular flexibility index (Phi) is 3.37. The molecule has 1 aromatic carbocycles. The minimum Gasteiger partial charge on any atom is -0.258 e. The van der Waals surface area contributed by atoms with Gasteiger partial charge in [0.2, 0.25) is 0 Å². The van der Waals surface area contributed by atoms with Gasteiger partial charge < -0.3 is 0 Å². The van der Waals surface area contributed by atoms with Crippen molar-refractivity contribution in [2.75, 3.05) is 0 Å². The summed E-state index contributed by atoms with van der Waals surface area (Å²) in [6.45, 7) is 1.84. The summed E-state index contributed by atoms with van der Waals surface area (Å²) in [7, 11) is 0. The molecule has 18 heavy (non-hydrogen) atoms. The van der Waals surface area contributed by atoms with Gasteiger partial charge in [-0.05, 0) is 13.0 Å². The van der Waals surface area contributed by atoms with E-state index in [0.717, 1.165) is 18.2 Å². The summed E-state index contributed by atoms with van der Waals surface area (Å²) >= 11 is 3.31. The van der Waals surface area contributed by atoms with Crippen molar-refractivity contribution in [3.63, 3.8) is 0 Å². The van der Waals surface area contributed by atoms with Crippen LogP contribution in [0.1, 0.15) is 17.4 Å². The molecule has 1 unspecified atom stereocenters. The smallest absolute Gasteiger partial charge is 0.258 e. The second kappa shape index (κ2) is 4.81. The molecule has 0 N–H and O–H groups in total. The van der Waals surface area contributed by atoms with Crippen LogP contribution in [0.3, 0.4) is 0 Å². The molecule has 0 aliphatic heterocycles. The number of benzene rings is 1. The van der Waals surface area contributed by atoms with Gasteiger partial charge in [-0.1, -0.05) is 21.1 Å². The van der Waals surface area contributed by atoms with E-state index in [4.69, 9.17) is 0 Å². The van der Waals surface area contributed by atoms with Gasteiger partial charge in [0.15, 0.2) is 0 Å². The van der Waals surface area contributed by atoms with Crippen molar-refractivity contribution in [2.24, 2.45) is 0 Å². The molecule has 2 rings (SSSR count). The molecule has 1 heterocycles. The lowest BCUT2D eigenvalue weighted by Gasteiger charge is -2.01. The summed E-state index contributed by atoms with van der Waals surface area (Å²) in [5.41, 5.74) is 0.426. The van der Waals surface area contributed by atoms with Gasteiger partial charge in [-0.15, -0.1) is 5.10 Å². The molecule has 0 saturated carbocycles. The quantitative estimate of drug-likeness (QED) is 0.496. The standard InChI is InChI=1S/C10H8BrFN4O2/c1-6(11)8-5-15(14-13-8)10-4-7(12)2-3-9(10)16(17)18/h2-6H,1H3. The highest BCUT2D eigenvalue weighted by molar-refractivity contribution is 9.09. The number of hydrogen-bond acceptors (Lipinski definition) is 4. The van der Waals surface area contributed by atoms with Crippen molar-refractivity contribution in [1.29, 1.82) is 0 Å². The van der Waals surface area contributed by atoms with Gasteiger partial charge in [-0.2, -0.15) is 0 Å². The van der Waals surface area contributed by atoms with Crippen molar-refractivity contribution < 1.29 is 9.31 Å². The van der Waals surface area contributed by atoms with Gasteiger partial charge >= 0.3 is 0 Å². The van der Waals surface area contributed by atoms with Crippen LogP contribution in [0.25, 0.3) is 5.69 Å². The second-order valence-corrected chi connectivity index (χ2v) is 4.97. The first kappa shape index (κ1) is 12.6. The average molecular weight is 315 g/mol. The highest BCUT2D eigenvalue weighted by atomic mass is 79.9. The Labute approximate surface area is 110 Å². The molecular weight excluding hydrogens is 307 g/mol. The van der Waals surface area contributed by atoms with E-state index in [-0.39, 0.29) is 16.2 Å². The van der Waals surface area contributed by atoms with Crippen LogP contribution in [0.4, 0.5) is 10.1 Å². The van der Waals surface area contributed by atoms with Crippen molar-refractivity contribution in [3.8, 4) is 5.69 Å². The molecule has 0 aliphatic carbocycles. The third kappa shape index (κ3) is 2.37. The maximum atomic E-state index is 13.2. The molecule has 8 heteroatoms. The van der Waals surface area contributed by atoms with E-state index in [1.54, 1.807) is 0 Å². The summed E-state index contributed by atoms with van der Waals surface area (Å²) in [5, 5.41) is 18.5. The zero-order valence-corrected chi connectivity index (χ0v) is 10.8. The lowest BCUT2D eigenvalue weighted by molar-refractivity contribution is -0.384. The first-order chi connectivity index (χ1) is 8.49. The molecule has 0 saturated heterocycles. The van der Waals surface area contributed by atoms with Crippen molar-refractivity contribution >= 4 is 21.6 Å². The minimum atomic E-state index is -0.590. The fourth-order valence-corrected chi connectivity index (χ4v) is 1.62. The zero-order chi connectivity index (χ0) is 13.3. The molecule has 0 bridgehead atoms. The predicted molar refractivity (Wildman–Crippen MR) is 65.3 cm³/mol. The van der Waals surface area contributed by atoms with Gasteiger partial charge in [0.25, 0.3) is 5.69 Å². The molecule has 0 spiro atoms. The van der Waals surface area contributed by atoms with Crippen LogP contribution in [0, 0.1) is 15.9 Å². The Morgan fingerprint density at radius 3 is 2.83 bits per heavy atom. The van der Waals surface area contributed by atoms with Crippen LogP contribution in [0.5, 0.6) is 0 Å². The minimum absolute atomic E-state index is 0.0427. The van der Waals surface area contributed by atoms with Gasteiger partial charge in [-0.3, -0.25) is 10.1 Å². The number of nitro groups is 1. The number of hydrogen-bond donors (Lipinski definition) is 0. The van der Waals surface area contributed by atoms with E-state index >= 15 is 0 Å². The fraction of sp³-hybridized carbons (Fsp3) is 0.200. The first-order valence-electron chi connectivity index (χ1n) is 4.99. The lowest BCUT2D eigenvalue weighted by Crippen LogP contribution is -2.01. The topological polar surface area (TPSA) is 73.8 Å². The van der Waals surface area contributed by atoms with Crippen LogP contribution in [0.2, 0.25) is 0 Å². The summed E-state index contributed by atoms with van der Waals surface area (Å²) < 4.78 is 14.4. The predicted octanol–water partition coefficient (Wildman–Crippen LogP) is 2.77.